The van der Waals surface area contributed by atoms with Crippen LogP contribution in [0.4, 0.5) is 0 Å². The summed E-state index contributed by atoms with van der Waals surface area (Å²) in [7, 11) is 0. The number of hydrogen-bond acceptors (Lipinski definition) is 2. The average molecular weight is 247 g/mol. The molecule has 0 aliphatic carbocycles. The molecular formula is C14H15ClN2. The third-order valence-corrected chi connectivity index (χ3v) is 2.70. The minimum Gasteiger partial charge on any atom is -0.226 e. The number of benzene rings is 1. The van der Waals surface area contributed by atoms with E-state index in [9.17, 15) is 0 Å². The molecule has 0 saturated carbocycles. The van der Waals surface area contributed by atoms with Crippen molar-refractivity contribution < 1.29 is 0 Å². The Kier molecular flexibility index (Phi) is 3.75. The van der Waals surface area contributed by atoms with Gasteiger partial charge in [-0.2, -0.15) is 0 Å². The van der Waals surface area contributed by atoms with E-state index in [1.165, 1.54) is 5.56 Å². The van der Waals surface area contributed by atoms with Crippen molar-refractivity contribution in [1.29, 1.82) is 0 Å². The molecule has 2 nitrogen and oxygen atoms in total. The SMILES string of the molecule is CC(C)Cc1ccc(-c2ccnc(Cl)n2)cc1. The summed E-state index contributed by atoms with van der Waals surface area (Å²) in [5.74, 6) is 0.675. The van der Waals surface area contributed by atoms with Gasteiger partial charge in [0.2, 0.25) is 5.28 Å². The summed E-state index contributed by atoms with van der Waals surface area (Å²) in [6.45, 7) is 4.44. The molecule has 0 bridgehead atoms. The van der Waals surface area contributed by atoms with E-state index in [-0.39, 0.29) is 5.28 Å². The molecule has 0 aliphatic heterocycles. The number of hydrogen-bond donors (Lipinski definition) is 0. The fourth-order valence-corrected chi connectivity index (χ4v) is 1.93. The molecule has 2 aromatic rings. The van der Waals surface area contributed by atoms with E-state index in [0.29, 0.717) is 5.92 Å². The summed E-state index contributed by atoms with van der Waals surface area (Å²) in [6.07, 6.45) is 2.78. The first-order valence-electron chi connectivity index (χ1n) is 5.73. The molecule has 0 saturated heterocycles. The number of nitrogens with zero attached hydrogens (tertiary/aromatic N) is 2. The fourth-order valence-electron chi connectivity index (χ4n) is 1.78. The first-order chi connectivity index (χ1) is 8.15. The molecule has 0 fully saturated rings. The van der Waals surface area contributed by atoms with E-state index in [2.05, 4.69) is 48.1 Å². The second-order valence-corrected chi connectivity index (χ2v) is 4.84. The van der Waals surface area contributed by atoms with Gasteiger partial charge in [-0.25, -0.2) is 9.97 Å². The molecule has 0 atom stereocenters. The predicted molar refractivity (Wildman–Crippen MR) is 71.0 cm³/mol. The van der Waals surface area contributed by atoms with E-state index in [1.807, 2.05) is 6.07 Å². The summed E-state index contributed by atoms with van der Waals surface area (Å²) >= 11 is 5.77. The van der Waals surface area contributed by atoms with Gasteiger partial charge < -0.3 is 0 Å². The van der Waals surface area contributed by atoms with Crippen molar-refractivity contribution in [2.45, 2.75) is 20.3 Å². The molecule has 0 N–H and O–H groups in total. The molecule has 0 spiro atoms. The third kappa shape index (κ3) is 3.27. The molecule has 88 valence electrons. The molecule has 0 aliphatic rings. The summed E-state index contributed by atoms with van der Waals surface area (Å²) in [5.41, 5.74) is 3.28. The van der Waals surface area contributed by atoms with E-state index in [0.717, 1.165) is 17.7 Å². The number of rotatable bonds is 3. The Morgan fingerprint density at radius 1 is 1.12 bits per heavy atom. The second-order valence-electron chi connectivity index (χ2n) is 4.51. The molecule has 0 radical (unpaired) electrons. The Hall–Kier alpha value is -1.41. The molecule has 1 aromatic carbocycles. The first-order valence-corrected chi connectivity index (χ1v) is 6.11. The summed E-state index contributed by atoms with van der Waals surface area (Å²) in [5, 5.41) is 0.286. The maximum atomic E-state index is 5.77. The van der Waals surface area contributed by atoms with Crippen molar-refractivity contribution in [2.24, 2.45) is 5.92 Å². The molecule has 0 unspecified atom stereocenters. The number of aromatic nitrogens is 2. The maximum absolute atomic E-state index is 5.77. The van der Waals surface area contributed by atoms with Crippen LogP contribution >= 0.6 is 11.6 Å². The van der Waals surface area contributed by atoms with Gasteiger partial charge in [0.15, 0.2) is 0 Å². The van der Waals surface area contributed by atoms with Gasteiger partial charge in [0.1, 0.15) is 0 Å². The van der Waals surface area contributed by atoms with Crippen molar-refractivity contribution in [1.82, 2.24) is 9.97 Å². The van der Waals surface area contributed by atoms with Crippen LogP contribution < -0.4 is 0 Å². The van der Waals surface area contributed by atoms with Crippen LogP contribution in [-0.2, 0) is 6.42 Å². The Bertz CT molecular complexity index is 492. The highest BCUT2D eigenvalue weighted by molar-refractivity contribution is 6.28. The Morgan fingerprint density at radius 2 is 1.82 bits per heavy atom. The van der Waals surface area contributed by atoms with Crippen molar-refractivity contribution in [3.05, 3.63) is 47.4 Å². The van der Waals surface area contributed by atoms with Gasteiger partial charge in [-0.15, -0.1) is 0 Å². The van der Waals surface area contributed by atoms with Crippen LogP contribution in [0.2, 0.25) is 5.28 Å². The van der Waals surface area contributed by atoms with Crippen molar-refractivity contribution >= 4 is 11.6 Å². The molecule has 0 amide bonds. The Balaban J connectivity index is 2.23. The van der Waals surface area contributed by atoms with Crippen LogP contribution in [0, 0.1) is 5.92 Å². The summed E-state index contributed by atoms with van der Waals surface area (Å²) < 4.78 is 0. The summed E-state index contributed by atoms with van der Waals surface area (Å²) in [6, 6.07) is 10.3. The topological polar surface area (TPSA) is 25.8 Å². The van der Waals surface area contributed by atoms with E-state index >= 15 is 0 Å². The van der Waals surface area contributed by atoms with Gasteiger partial charge in [0.05, 0.1) is 5.69 Å². The zero-order valence-electron chi connectivity index (χ0n) is 10.0. The van der Waals surface area contributed by atoms with Crippen LogP contribution in [-0.4, -0.2) is 9.97 Å². The van der Waals surface area contributed by atoms with Gasteiger partial charge in [0.25, 0.3) is 0 Å². The van der Waals surface area contributed by atoms with Gasteiger partial charge in [-0.1, -0.05) is 38.1 Å². The lowest BCUT2D eigenvalue weighted by molar-refractivity contribution is 0.647. The Labute approximate surface area is 107 Å². The zero-order valence-corrected chi connectivity index (χ0v) is 10.8. The van der Waals surface area contributed by atoms with Gasteiger partial charge >= 0.3 is 0 Å². The molecule has 17 heavy (non-hydrogen) atoms. The fraction of sp³-hybridized carbons (Fsp3) is 0.286. The van der Waals surface area contributed by atoms with Crippen LogP contribution in [0.5, 0.6) is 0 Å². The molecule has 1 aromatic heterocycles. The average Bonchev–Trinajstić information content (AvgIpc) is 2.29. The van der Waals surface area contributed by atoms with E-state index in [4.69, 9.17) is 11.6 Å². The zero-order chi connectivity index (χ0) is 12.3. The minimum absolute atomic E-state index is 0.286. The largest absolute Gasteiger partial charge is 0.226 e. The van der Waals surface area contributed by atoms with Crippen molar-refractivity contribution in [2.75, 3.05) is 0 Å². The van der Waals surface area contributed by atoms with Gasteiger partial charge in [0, 0.05) is 11.8 Å². The lowest BCUT2D eigenvalue weighted by Crippen LogP contribution is -1.94. The highest BCUT2D eigenvalue weighted by Crippen LogP contribution is 2.19. The lowest BCUT2D eigenvalue weighted by atomic mass is 10.0. The van der Waals surface area contributed by atoms with E-state index < -0.39 is 0 Å². The highest BCUT2D eigenvalue weighted by atomic mass is 35.5. The Morgan fingerprint density at radius 3 is 2.41 bits per heavy atom. The van der Waals surface area contributed by atoms with Crippen molar-refractivity contribution in [3.63, 3.8) is 0 Å². The van der Waals surface area contributed by atoms with Gasteiger partial charge in [-0.05, 0) is 35.6 Å². The normalized spacial score (nSPS) is 10.8. The minimum atomic E-state index is 0.286. The molecule has 2 rings (SSSR count). The van der Waals surface area contributed by atoms with Crippen LogP contribution in [0.1, 0.15) is 19.4 Å². The molecule has 1 heterocycles. The summed E-state index contributed by atoms with van der Waals surface area (Å²) in [4.78, 5) is 8.06. The smallest absolute Gasteiger partial charge is 0.222 e. The van der Waals surface area contributed by atoms with Crippen LogP contribution in [0.3, 0.4) is 0 Å². The lowest BCUT2D eigenvalue weighted by Gasteiger charge is -2.06. The first kappa shape index (κ1) is 12.1. The second kappa shape index (κ2) is 5.28. The third-order valence-electron chi connectivity index (χ3n) is 2.52. The quantitative estimate of drug-likeness (QED) is 0.765. The number of halogens is 1. The van der Waals surface area contributed by atoms with Crippen LogP contribution in [0.15, 0.2) is 36.5 Å². The van der Waals surface area contributed by atoms with Gasteiger partial charge in [-0.3, -0.25) is 0 Å². The molecule has 3 heteroatoms. The van der Waals surface area contributed by atoms with Crippen molar-refractivity contribution in [3.8, 4) is 11.3 Å². The monoisotopic (exact) mass is 246 g/mol. The predicted octanol–water partition coefficient (Wildman–Crippen LogP) is 4.00. The molecular weight excluding hydrogens is 232 g/mol. The standard InChI is InChI=1S/C14H15ClN2/c1-10(2)9-11-3-5-12(6-4-11)13-7-8-16-14(15)17-13/h3-8,10H,9H2,1-2H3. The van der Waals surface area contributed by atoms with E-state index in [1.54, 1.807) is 6.20 Å². The van der Waals surface area contributed by atoms with Crippen LogP contribution in [0.25, 0.3) is 11.3 Å². The maximum Gasteiger partial charge on any atom is 0.222 e. The highest BCUT2D eigenvalue weighted by Gasteiger charge is 2.02.